The number of aryl methyl sites for hydroxylation is 1. The van der Waals surface area contributed by atoms with Gasteiger partial charge < -0.3 is 20.3 Å². The molecule has 3 aromatic rings. The van der Waals surface area contributed by atoms with E-state index in [4.69, 9.17) is 0 Å². The van der Waals surface area contributed by atoms with Crippen LogP contribution in [0.5, 0.6) is 5.75 Å². The Balaban J connectivity index is 1.26. The number of piperidine rings is 1. The second kappa shape index (κ2) is 12.3. The van der Waals surface area contributed by atoms with Crippen LogP contribution in [-0.2, 0) is 4.79 Å². The Bertz CT molecular complexity index is 1270. The van der Waals surface area contributed by atoms with Crippen molar-refractivity contribution in [3.05, 3.63) is 95.1 Å². The van der Waals surface area contributed by atoms with Crippen LogP contribution in [-0.4, -0.2) is 48.9 Å². The van der Waals surface area contributed by atoms with Gasteiger partial charge in [0.25, 0.3) is 11.8 Å². The highest BCUT2D eigenvalue weighted by molar-refractivity contribution is 5.99. The fourth-order valence-corrected chi connectivity index (χ4v) is 4.44. The van der Waals surface area contributed by atoms with Gasteiger partial charge in [0.15, 0.2) is 0 Å². The van der Waals surface area contributed by atoms with Crippen LogP contribution in [0.25, 0.3) is 0 Å². The Morgan fingerprint density at radius 1 is 0.947 bits per heavy atom. The van der Waals surface area contributed by atoms with Gasteiger partial charge in [-0.2, -0.15) is 8.78 Å². The Labute approximate surface area is 219 Å². The number of amides is 3. The van der Waals surface area contributed by atoms with E-state index in [9.17, 15) is 23.2 Å². The molecule has 0 aliphatic carbocycles. The monoisotopic (exact) mass is 521 g/mol. The van der Waals surface area contributed by atoms with E-state index >= 15 is 0 Å². The maximum absolute atomic E-state index is 12.9. The first-order chi connectivity index (χ1) is 18.3. The Hall–Kier alpha value is -4.27. The Morgan fingerprint density at radius 2 is 1.61 bits per heavy atom. The molecule has 0 radical (unpaired) electrons. The number of para-hydroxylation sites is 1. The average molecular weight is 522 g/mol. The molecule has 3 aromatic carbocycles. The average Bonchev–Trinajstić information content (AvgIpc) is 2.92. The minimum atomic E-state index is -3.00. The number of benzene rings is 3. The van der Waals surface area contributed by atoms with E-state index in [-0.39, 0.29) is 41.5 Å². The van der Waals surface area contributed by atoms with Crippen LogP contribution in [0.4, 0.5) is 14.5 Å². The van der Waals surface area contributed by atoms with Crippen LogP contribution < -0.4 is 15.4 Å². The van der Waals surface area contributed by atoms with E-state index < -0.39 is 6.61 Å². The molecule has 7 nitrogen and oxygen atoms in total. The van der Waals surface area contributed by atoms with Gasteiger partial charge >= 0.3 is 6.61 Å². The zero-order valence-corrected chi connectivity index (χ0v) is 21.0. The maximum Gasteiger partial charge on any atom is 0.387 e. The lowest BCUT2D eigenvalue weighted by Crippen LogP contribution is -2.38. The second-order valence-electron chi connectivity index (χ2n) is 9.16. The molecule has 0 spiro atoms. The number of halogens is 2. The van der Waals surface area contributed by atoms with Gasteiger partial charge in [-0.1, -0.05) is 42.0 Å². The second-order valence-corrected chi connectivity index (χ2v) is 9.16. The van der Waals surface area contributed by atoms with Crippen LogP contribution in [0.1, 0.15) is 50.6 Å². The third-order valence-corrected chi connectivity index (χ3v) is 6.50. The van der Waals surface area contributed by atoms with Crippen molar-refractivity contribution in [1.29, 1.82) is 0 Å². The number of likely N-dealkylation sites (tertiary alicyclic amines) is 1. The summed E-state index contributed by atoms with van der Waals surface area (Å²) in [6.07, 6.45) is 1.45. The zero-order valence-electron chi connectivity index (χ0n) is 21.0. The van der Waals surface area contributed by atoms with Crippen molar-refractivity contribution in [3.8, 4) is 5.75 Å². The van der Waals surface area contributed by atoms with Gasteiger partial charge in [-0.15, -0.1) is 0 Å². The quantitative estimate of drug-likeness (QED) is 0.438. The summed E-state index contributed by atoms with van der Waals surface area (Å²) in [4.78, 5) is 39.0. The van der Waals surface area contributed by atoms with Crippen LogP contribution >= 0.6 is 0 Å². The highest BCUT2D eigenvalue weighted by Crippen LogP contribution is 2.31. The molecule has 3 amide bonds. The molecule has 1 aliphatic heterocycles. The third kappa shape index (κ3) is 6.94. The molecule has 0 atom stereocenters. The van der Waals surface area contributed by atoms with Crippen LogP contribution in [0, 0.1) is 6.92 Å². The number of hydrogen-bond donors (Lipinski definition) is 2. The first-order valence-corrected chi connectivity index (χ1v) is 12.4. The largest absolute Gasteiger partial charge is 0.434 e. The highest BCUT2D eigenvalue weighted by Gasteiger charge is 2.26. The van der Waals surface area contributed by atoms with E-state index in [1.54, 1.807) is 29.2 Å². The molecule has 0 unspecified atom stereocenters. The van der Waals surface area contributed by atoms with Crippen molar-refractivity contribution in [1.82, 2.24) is 10.2 Å². The molecule has 0 aromatic heterocycles. The Morgan fingerprint density at radius 3 is 2.26 bits per heavy atom. The zero-order chi connectivity index (χ0) is 27.1. The van der Waals surface area contributed by atoms with Crippen molar-refractivity contribution in [2.24, 2.45) is 0 Å². The van der Waals surface area contributed by atoms with Crippen molar-refractivity contribution in [2.45, 2.75) is 32.3 Å². The van der Waals surface area contributed by atoms with Gasteiger partial charge in [0.05, 0.1) is 12.1 Å². The van der Waals surface area contributed by atoms with Crippen molar-refractivity contribution >= 4 is 23.4 Å². The number of hydrogen-bond acceptors (Lipinski definition) is 4. The van der Waals surface area contributed by atoms with Gasteiger partial charge in [-0.25, -0.2) is 0 Å². The molecule has 198 valence electrons. The summed E-state index contributed by atoms with van der Waals surface area (Å²) in [6.45, 7) is -0.230. The summed E-state index contributed by atoms with van der Waals surface area (Å²) < 4.78 is 29.9. The van der Waals surface area contributed by atoms with E-state index in [0.29, 0.717) is 24.3 Å². The number of nitrogens with zero attached hydrogens (tertiary/aromatic N) is 1. The predicted octanol–water partition coefficient (Wildman–Crippen LogP) is 4.98. The minimum absolute atomic E-state index is 0.123. The van der Waals surface area contributed by atoms with E-state index in [0.717, 1.165) is 24.0 Å². The van der Waals surface area contributed by atoms with Crippen molar-refractivity contribution in [3.63, 3.8) is 0 Å². The summed E-state index contributed by atoms with van der Waals surface area (Å²) >= 11 is 0. The summed E-state index contributed by atoms with van der Waals surface area (Å²) in [6, 6.07) is 20.6. The van der Waals surface area contributed by atoms with Crippen LogP contribution in [0.3, 0.4) is 0 Å². The van der Waals surface area contributed by atoms with Crippen LogP contribution in [0.15, 0.2) is 72.8 Å². The summed E-state index contributed by atoms with van der Waals surface area (Å²) in [5.41, 5.74) is 3.37. The van der Waals surface area contributed by atoms with Gasteiger partial charge in [0.2, 0.25) is 5.91 Å². The standard InChI is InChI=1S/C29H29F2N3O4/c1-19-6-8-22(9-7-19)27(36)32-18-26(35)33-23-12-10-20(11-13-23)21-14-16-34(17-15-21)28(37)24-4-2-3-5-25(24)38-29(30)31/h2-13,21,29H,14-18H2,1H3,(H,32,36)(H,33,35). The lowest BCUT2D eigenvalue weighted by molar-refractivity contribution is -0.115. The van der Waals surface area contributed by atoms with E-state index in [1.165, 1.54) is 12.1 Å². The van der Waals surface area contributed by atoms with Gasteiger partial charge in [0.1, 0.15) is 5.75 Å². The first kappa shape index (κ1) is 26.8. The van der Waals surface area contributed by atoms with Gasteiger partial charge in [-0.05, 0) is 67.6 Å². The molecule has 2 N–H and O–H groups in total. The predicted molar refractivity (Wildman–Crippen MR) is 140 cm³/mol. The highest BCUT2D eigenvalue weighted by atomic mass is 19.3. The normalized spacial score (nSPS) is 13.7. The summed E-state index contributed by atoms with van der Waals surface area (Å²) in [7, 11) is 0. The van der Waals surface area contributed by atoms with E-state index in [2.05, 4.69) is 15.4 Å². The molecule has 1 fully saturated rings. The molecular weight excluding hydrogens is 492 g/mol. The van der Waals surface area contributed by atoms with Crippen LogP contribution in [0.2, 0.25) is 0 Å². The molecule has 0 bridgehead atoms. The number of carbonyl (C=O) groups is 3. The third-order valence-electron chi connectivity index (χ3n) is 6.50. The molecule has 1 aliphatic rings. The molecule has 1 heterocycles. The molecule has 9 heteroatoms. The topological polar surface area (TPSA) is 87.7 Å². The minimum Gasteiger partial charge on any atom is -0.434 e. The van der Waals surface area contributed by atoms with Crippen molar-refractivity contribution < 1.29 is 27.9 Å². The molecule has 1 saturated heterocycles. The molecule has 0 saturated carbocycles. The van der Waals surface area contributed by atoms with Crippen molar-refractivity contribution in [2.75, 3.05) is 25.0 Å². The lowest BCUT2D eigenvalue weighted by Gasteiger charge is -2.32. The lowest BCUT2D eigenvalue weighted by atomic mass is 9.89. The summed E-state index contributed by atoms with van der Waals surface area (Å²) in [5, 5.41) is 5.39. The van der Waals surface area contributed by atoms with E-state index in [1.807, 2.05) is 43.3 Å². The van der Waals surface area contributed by atoms with Gasteiger partial charge in [-0.3, -0.25) is 14.4 Å². The number of rotatable bonds is 8. The fourth-order valence-electron chi connectivity index (χ4n) is 4.44. The number of anilines is 1. The number of nitrogens with one attached hydrogen (secondary N) is 2. The first-order valence-electron chi connectivity index (χ1n) is 12.4. The number of ether oxygens (including phenoxy) is 1. The Kier molecular flexibility index (Phi) is 8.68. The fraction of sp³-hybridized carbons (Fsp3) is 0.276. The SMILES string of the molecule is Cc1ccc(C(=O)NCC(=O)Nc2ccc(C3CCN(C(=O)c4ccccc4OC(F)F)CC3)cc2)cc1. The smallest absolute Gasteiger partial charge is 0.387 e. The maximum atomic E-state index is 12.9. The number of alkyl halides is 2. The molecular formula is C29H29F2N3O4. The summed E-state index contributed by atoms with van der Waals surface area (Å²) in [5.74, 6) is -0.870. The van der Waals surface area contributed by atoms with Gasteiger partial charge in [0, 0.05) is 24.3 Å². The molecule has 4 rings (SSSR count). The number of carbonyl (C=O) groups excluding carboxylic acids is 3. The molecule has 38 heavy (non-hydrogen) atoms.